The van der Waals surface area contributed by atoms with Crippen LogP contribution in [0.15, 0.2) is 24.8 Å². The maximum atomic E-state index is 13.8. The number of aliphatic hydroxyl groups excluding tert-OH is 1. The van der Waals surface area contributed by atoms with Crippen LogP contribution in [-0.2, 0) is 6.61 Å². The molecule has 5 nitrogen and oxygen atoms in total. The summed E-state index contributed by atoms with van der Waals surface area (Å²) in [4.78, 5) is 0. The lowest BCUT2D eigenvalue weighted by Crippen LogP contribution is -2.02. The minimum absolute atomic E-state index is 0.0980. The van der Waals surface area contributed by atoms with Crippen LogP contribution in [0.1, 0.15) is 5.56 Å². The molecular weight excluding hydrogens is 213 g/mol. The molecule has 0 radical (unpaired) electrons. The molecule has 0 atom stereocenters. The number of halogens is 1. The maximum Gasteiger partial charge on any atom is 0.172 e. The first-order chi connectivity index (χ1) is 7.77. The van der Waals surface area contributed by atoms with E-state index in [1.807, 2.05) is 0 Å². The van der Waals surface area contributed by atoms with E-state index in [0.717, 1.165) is 0 Å². The predicted octanol–water partition coefficient (Wildman–Crippen LogP) is 0.907. The summed E-state index contributed by atoms with van der Waals surface area (Å²) in [5, 5.41) is 16.4. The van der Waals surface area contributed by atoms with Gasteiger partial charge in [-0.2, -0.15) is 0 Å². The van der Waals surface area contributed by atoms with Crippen molar-refractivity contribution in [1.82, 2.24) is 14.8 Å². The van der Waals surface area contributed by atoms with E-state index in [4.69, 9.17) is 9.84 Å². The van der Waals surface area contributed by atoms with Gasteiger partial charge in [0.05, 0.1) is 19.4 Å². The molecule has 0 amide bonds. The van der Waals surface area contributed by atoms with Crippen molar-refractivity contribution >= 4 is 0 Å². The highest BCUT2D eigenvalue weighted by atomic mass is 19.1. The van der Waals surface area contributed by atoms with E-state index in [-0.39, 0.29) is 11.3 Å². The van der Waals surface area contributed by atoms with E-state index in [9.17, 15) is 4.39 Å². The molecule has 0 aliphatic heterocycles. The number of benzene rings is 1. The van der Waals surface area contributed by atoms with Crippen LogP contribution in [0.2, 0.25) is 0 Å². The molecule has 0 aliphatic carbocycles. The van der Waals surface area contributed by atoms with Crippen LogP contribution in [0.4, 0.5) is 4.39 Å². The third-order valence-electron chi connectivity index (χ3n) is 2.26. The normalized spacial score (nSPS) is 10.4. The largest absolute Gasteiger partial charge is 0.494 e. The SMILES string of the molecule is COc1ccc(-n2cnnc2)c(CO)c1F. The summed E-state index contributed by atoms with van der Waals surface area (Å²) >= 11 is 0. The fourth-order valence-corrected chi connectivity index (χ4v) is 1.46. The molecule has 2 aromatic rings. The first kappa shape index (κ1) is 10.6. The summed E-state index contributed by atoms with van der Waals surface area (Å²) in [5.41, 5.74) is 0.643. The highest BCUT2D eigenvalue weighted by molar-refractivity contribution is 5.46. The molecule has 16 heavy (non-hydrogen) atoms. The second-order valence-corrected chi connectivity index (χ2v) is 3.11. The fourth-order valence-electron chi connectivity index (χ4n) is 1.46. The second-order valence-electron chi connectivity index (χ2n) is 3.11. The quantitative estimate of drug-likeness (QED) is 0.840. The van der Waals surface area contributed by atoms with Gasteiger partial charge in [-0.15, -0.1) is 10.2 Å². The van der Waals surface area contributed by atoms with Crippen LogP contribution >= 0.6 is 0 Å². The number of hydrogen-bond acceptors (Lipinski definition) is 4. The fraction of sp³-hybridized carbons (Fsp3) is 0.200. The number of methoxy groups -OCH3 is 1. The van der Waals surface area contributed by atoms with Gasteiger partial charge in [0.15, 0.2) is 11.6 Å². The van der Waals surface area contributed by atoms with Crippen molar-refractivity contribution in [2.75, 3.05) is 7.11 Å². The molecule has 0 bridgehead atoms. The topological polar surface area (TPSA) is 60.2 Å². The zero-order valence-electron chi connectivity index (χ0n) is 8.59. The number of aliphatic hydroxyl groups is 1. The zero-order valence-corrected chi connectivity index (χ0v) is 8.59. The highest BCUT2D eigenvalue weighted by Gasteiger charge is 2.14. The van der Waals surface area contributed by atoms with Gasteiger partial charge in [0.2, 0.25) is 0 Å². The van der Waals surface area contributed by atoms with E-state index in [0.29, 0.717) is 5.69 Å². The summed E-state index contributed by atoms with van der Waals surface area (Å²) in [6.45, 7) is -0.420. The van der Waals surface area contributed by atoms with Gasteiger partial charge in [0.25, 0.3) is 0 Å². The number of ether oxygens (including phenoxy) is 1. The molecule has 0 spiro atoms. The average Bonchev–Trinajstić information content (AvgIpc) is 2.82. The Morgan fingerprint density at radius 3 is 2.62 bits per heavy atom. The van der Waals surface area contributed by atoms with Crippen molar-refractivity contribution in [3.05, 3.63) is 36.2 Å². The molecule has 2 rings (SSSR count). The first-order valence-electron chi connectivity index (χ1n) is 4.59. The molecule has 1 aromatic carbocycles. The van der Waals surface area contributed by atoms with Gasteiger partial charge >= 0.3 is 0 Å². The molecule has 0 saturated heterocycles. The Morgan fingerprint density at radius 2 is 2.06 bits per heavy atom. The average molecular weight is 223 g/mol. The lowest BCUT2D eigenvalue weighted by atomic mass is 10.1. The van der Waals surface area contributed by atoms with E-state index < -0.39 is 12.4 Å². The number of nitrogens with zero attached hydrogens (tertiary/aromatic N) is 3. The third kappa shape index (κ3) is 1.63. The van der Waals surface area contributed by atoms with Gasteiger partial charge in [-0.1, -0.05) is 0 Å². The van der Waals surface area contributed by atoms with Crippen molar-refractivity contribution in [1.29, 1.82) is 0 Å². The van der Waals surface area contributed by atoms with Crippen molar-refractivity contribution in [2.24, 2.45) is 0 Å². The molecule has 6 heteroatoms. The van der Waals surface area contributed by atoms with Gasteiger partial charge in [0.1, 0.15) is 12.7 Å². The highest BCUT2D eigenvalue weighted by Crippen LogP contribution is 2.25. The van der Waals surface area contributed by atoms with E-state index in [1.54, 1.807) is 6.07 Å². The Labute approximate surface area is 91.1 Å². The molecule has 1 aromatic heterocycles. The third-order valence-corrected chi connectivity index (χ3v) is 2.26. The van der Waals surface area contributed by atoms with Gasteiger partial charge in [-0.3, -0.25) is 4.57 Å². The minimum Gasteiger partial charge on any atom is -0.494 e. The Bertz CT molecular complexity index is 485. The lowest BCUT2D eigenvalue weighted by molar-refractivity contribution is 0.272. The number of hydrogen-bond donors (Lipinski definition) is 1. The van der Waals surface area contributed by atoms with E-state index in [1.165, 1.54) is 30.4 Å². The summed E-state index contributed by atoms with van der Waals surface area (Å²) in [5.74, 6) is -0.475. The van der Waals surface area contributed by atoms with Crippen molar-refractivity contribution in [2.45, 2.75) is 6.61 Å². The second kappa shape index (κ2) is 4.28. The van der Waals surface area contributed by atoms with Crippen LogP contribution in [0.5, 0.6) is 5.75 Å². The zero-order chi connectivity index (χ0) is 11.5. The Kier molecular flexibility index (Phi) is 2.82. The van der Waals surface area contributed by atoms with Gasteiger partial charge in [-0.25, -0.2) is 4.39 Å². The molecule has 1 heterocycles. The number of aromatic nitrogens is 3. The Morgan fingerprint density at radius 1 is 1.38 bits per heavy atom. The van der Waals surface area contributed by atoms with Crippen LogP contribution in [-0.4, -0.2) is 27.0 Å². The molecule has 0 aliphatic rings. The van der Waals surface area contributed by atoms with Crippen molar-refractivity contribution in [3.8, 4) is 11.4 Å². The summed E-state index contributed by atoms with van der Waals surface area (Å²) in [6.07, 6.45) is 2.86. The molecular formula is C10H10FN3O2. The molecule has 0 unspecified atom stereocenters. The number of rotatable bonds is 3. The summed E-state index contributed by atoms with van der Waals surface area (Å²) in [7, 11) is 1.37. The van der Waals surface area contributed by atoms with E-state index in [2.05, 4.69) is 10.2 Å². The minimum atomic E-state index is -0.573. The molecule has 0 fully saturated rings. The summed E-state index contributed by atoms with van der Waals surface area (Å²) < 4.78 is 20.1. The Balaban J connectivity index is 2.59. The first-order valence-corrected chi connectivity index (χ1v) is 4.59. The maximum absolute atomic E-state index is 13.8. The predicted molar refractivity (Wildman–Crippen MR) is 53.8 cm³/mol. The van der Waals surface area contributed by atoms with Crippen LogP contribution in [0.25, 0.3) is 5.69 Å². The van der Waals surface area contributed by atoms with Crippen molar-refractivity contribution < 1.29 is 14.2 Å². The van der Waals surface area contributed by atoms with Crippen LogP contribution in [0, 0.1) is 5.82 Å². The van der Waals surface area contributed by atoms with Crippen LogP contribution < -0.4 is 4.74 Å². The monoisotopic (exact) mass is 223 g/mol. The molecule has 0 saturated carbocycles. The van der Waals surface area contributed by atoms with Gasteiger partial charge < -0.3 is 9.84 Å². The van der Waals surface area contributed by atoms with Gasteiger partial charge in [-0.05, 0) is 12.1 Å². The summed E-state index contributed by atoms with van der Waals surface area (Å²) in [6, 6.07) is 3.13. The van der Waals surface area contributed by atoms with Crippen LogP contribution in [0.3, 0.4) is 0 Å². The smallest absolute Gasteiger partial charge is 0.172 e. The molecule has 84 valence electrons. The van der Waals surface area contributed by atoms with E-state index >= 15 is 0 Å². The van der Waals surface area contributed by atoms with Gasteiger partial charge in [0, 0.05) is 5.56 Å². The van der Waals surface area contributed by atoms with Crippen molar-refractivity contribution in [3.63, 3.8) is 0 Å². The molecule has 1 N–H and O–H groups in total. The lowest BCUT2D eigenvalue weighted by Gasteiger charge is -2.11. The Hall–Kier alpha value is -1.95. The standard InChI is InChI=1S/C10H10FN3O2/c1-16-9-3-2-8(7(4-15)10(9)11)14-5-12-13-6-14/h2-3,5-6,15H,4H2,1H3.